The summed E-state index contributed by atoms with van der Waals surface area (Å²) in [5, 5.41) is 3.95. The molecule has 104 valence electrons. The number of benzene rings is 1. The molecular formula is C15H11BrN4O. The normalized spacial score (nSPS) is 11.1. The van der Waals surface area contributed by atoms with E-state index < -0.39 is 0 Å². The number of nitrogens with one attached hydrogen (secondary N) is 1. The summed E-state index contributed by atoms with van der Waals surface area (Å²) >= 11 is 3.41. The van der Waals surface area contributed by atoms with Gasteiger partial charge in [0.25, 0.3) is 5.91 Å². The Morgan fingerprint density at radius 1 is 1.24 bits per heavy atom. The average molecular weight is 343 g/mol. The highest BCUT2D eigenvalue weighted by Crippen LogP contribution is 2.13. The lowest BCUT2D eigenvalue weighted by Gasteiger charge is -1.97. The molecule has 0 fully saturated rings. The van der Waals surface area contributed by atoms with E-state index in [0.717, 1.165) is 15.7 Å². The van der Waals surface area contributed by atoms with Gasteiger partial charge in [0.2, 0.25) is 0 Å². The average Bonchev–Trinajstić information content (AvgIpc) is 2.93. The van der Waals surface area contributed by atoms with Crippen LogP contribution in [0.2, 0.25) is 0 Å². The summed E-state index contributed by atoms with van der Waals surface area (Å²) in [5.41, 5.74) is 4.40. The first-order chi connectivity index (χ1) is 10.2. The van der Waals surface area contributed by atoms with Crippen LogP contribution in [0.3, 0.4) is 0 Å². The van der Waals surface area contributed by atoms with Crippen molar-refractivity contribution in [3.05, 3.63) is 70.6 Å². The van der Waals surface area contributed by atoms with Crippen molar-refractivity contribution in [3.63, 3.8) is 0 Å². The Balaban J connectivity index is 1.73. The molecule has 1 aromatic carbocycles. The number of fused-ring (bicyclic) bond motifs is 1. The molecule has 2 heterocycles. The molecular weight excluding hydrogens is 332 g/mol. The van der Waals surface area contributed by atoms with E-state index in [4.69, 9.17) is 0 Å². The van der Waals surface area contributed by atoms with Gasteiger partial charge >= 0.3 is 0 Å². The van der Waals surface area contributed by atoms with Crippen molar-refractivity contribution in [2.75, 3.05) is 0 Å². The van der Waals surface area contributed by atoms with Crippen LogP contribution in [0.5, 0.6) is 0 Å². The molecule has 2 aromatic heterocycles. The summed E-state index contributed by atoms with van der Waals surface area (Å²) < 4.78 is 2.70. The zero-order chi connectivity index (χ0) is 14.7. The van der Waals surface area contributed by atoms with E-state index in [1.165, 1.54) is 0 Å². The fourth-order valence-corrected chi connectivity index (χ4v) is 2.23. The van der Waals surface area contributed by atoms with E-state index in [1.807, 2.05) is 48.7 Å². The Kier molecular flexibility index (Phi) is 3.79. The van der Waals surface area contributed by atoms with Gasteiger partial charge in [-0.05, 0) is 18.2 Å². The van der Waals surface area contributed by atoms with Crippen molar-refractivity contribution >= 4 is 33.7 Å². The van der Waals surface area contributed by atoms with Gasteiger partial charge in [0, 0.05) is 22.4 Å². The van der Waals surface area contributed by atoms with Crippen LogP contribution in [0.25, 0.3) is 5.65 Å². The molecule has 0 unspecified atom stereocenters. The molecule has 0 spiro atoms. The van der Waals surface area contributed by atoms with Gasteiger partial charge in [-0.2, -0.15) is 5.10 Å². The second-order valence-electron chi connectivity index (χ2n) is 4.31. The molecule has 0 saturated carbocycles. The van der Waals surface area contributed by atoms with Gasteiger partial charge in [0.1, 0.15) is 11.3 Å². The number of rotatable bonds is 3. The number of imidazole rings is 1. The van der Waals surface area contributed by atoms with Crippen LogP contribution >= 0.6 is 15.9 Å². The maximum Gasteiger partial charge on any atom is 0.291 e. The largest absolute Gasteiger partial charge is 0.306 e. The first-order valence-electron chi connectivity index (χ1n) is 6.26. The molecule has 0 atom stereocenters. The summed E-state index contributed by atoms with van der Waals surface area (Å²) in [6.45, 7) is 0. The first kappa shape index (κ1) is 13.5. The third-order valence-corrected chi connectivity index (χ3v) is 3.59. The van der Waals surface area contributed by atoms with Crippen molar-refractivity contribution in [3.8, 4) is 0 Å². The van der Waals surface area contributed by atoms with E-state index in [0.29, 0.717) is 5.69 Å². The van der Waals surface area contributed by atoms with Crippen LogP contribution in [0, 0.1) is 0 Å². The number of hydrogen-bond acceptors (Lipinski definition) is 3. The summed E-state index contributed by atoms with van der Waals surface area (Å²) in [6.07, 6.45) is 5.08. The van der Waals surface area contributed by atoms with Crippen molar-refractivity contribution in [1.82, 2.24) is 14.8 Å². The molecule has 0 aliphatic carbocycles. The number of carbonyl (C=O) groups excluding carboxylic acids is 1. The Labute approximate surface area is 129 Å². The number of halogens is 1. The monoisotopic (exact) mass is 342 g/mol. The fourth-order valence-electron chi connectivity index (χ4n) is 1.84. The molecule has 0 saturated heterocycles. The third kappa shape index (κ3) is 3.00. The summed E-state index contributed by atoms with van der Waals surface area (Å²) in [7, 11) is 0. The molecule has 21 heavy (non-hydrogen) atoms. The van der Waals surface area contributed by atoms with Gasteiger partial charge in [-0.3, -0.25) is 4.79 Å². The number of aromatic nitrogens is 2. The Morgan fingerprint density at radius 2 is 2.05 bits per heavy atom. The van der Waals surface area contributed by atoms with E-state index in [2.05, 4.69) is 31.4 Å². The maximum absolute atomic E-state index is 12.0. The highest BCUT2D eigenvalue weighted by Gasteiger charge is 2.09. The molecule has 1 N–H and O–H groups in total. The second kappa shape index (κ2) is 5.88. The van der Waals surface area contributed by atoms with Crippen molar-refractivity contribution in [2.45, 2.75) is 0 Å². The Bertz CT molecular complexity index is 792. The Hall–Kier alpha value is -2.47. The van der Waals surface area contributed by atoms with Gasteiger partial charge in [-0.1, -0.05) is 40.2 Å². The predicted molar refractivity (Wildman–Crippen MR) is 84.4 cm³/mol. The van der Waals surface area contributed by atoms with E-state index in [1.54, 1.807) is 16.8 Å². The minimum atomic E-state index is -0.345. The SMILES string of the molecule is O=C(N/N=C/c1ccccc1Br)c1cn2ccccc2n1. The molecule has 0 aliphatic rings. The number of amides is 1. The lowest BCUT2D eigenvalue weighted by Crippen LogP contribution is -2.17. The molecule has 6 heteroatoms. The van der Waals surface area contributed by atoms with Crippen LogP contribution in [0.4, 0.5) is 0 Å². The minimum Gasteiger partial charge on any atom is -0.306 e. The quantitative estimate of drug-likeness (QED) is 0.587. The zero-order valence-electron chi connectivity index (χ0n) is 10.9. The lowest BCUT2D eigenvalue weighted by atomic mass is 10.2. The van der Waals surface area contributed by atoms with Crippen LogP contribution in [0.15, 0.2) is 64.4 Å². The smallest absolute Gasteiger partial charge is 0.291 e. The van der Waals surface area contributed by atoms with Crippen LogP contribution in [-0.4, -0.2) is 21.5 Å². The van der Waals surface area contributed by atoms with Gasteiger partial charge in [0.05, 0.1) is 6.21 Å². The number of hydrazone groups is 1. The molecule has 0 bridgehead atoms. The first-order valence-corrected chi connectivity index (χ1v) is 7.05. The van der Waals surface area contributed by atoms with Gasteiger partial charge in [-0.15, -0.1) is 0 Å². The van der Waals surface area contributed by atoms with Gasteiger partial charge in [0.15, 0.2) is 0 Å². The number of carbonyl (C=O) groups is 1. The zero-order valence-corrected chi connectivity index (χ0v) is 12.5. The van der Waals surface area contributed by atoms with Crippen LogP contribution in [0.1, 0.15) is 16.1 Å². The third-order valence-electron chi connectivity index (χ3n) is 2.87. The van der Waals surface area contributed by atoms with E-state index in [9.17, 15) is 4.79 Å². The lowest BCUT2D eigenvalue weighted by molar-refractivity contribution is 0.0951. The topological polar surface area (TPSA) is 58.8 Å². The summed E-state index contributed by atoms with van der Waals surface area (Å²) in [6, 6.07) is 13.2. The molecule has 0 radical (unpaired) electrons. The van der Waals surface area contributed by atoms with Gasteiger partial charge < -0.3 is 4.40 Å². The number of hydrogen-bond donors (Lipinski definition) is 1. The number of nitrogens with zero attached hydrogens (tertiary/aromatic N) is 3. The summed E-state index contributed by atoms with van der Waals surface area (Å²) in [4.78, 5) is 16.2. The molecule has 1 amide bonds. The predicted octanol–water partition coefficient (Wildman–Crippen LogP) is 2.86. The van der Waals surface area contributed by atoms with Crippen LogP contribution < -0.4 is 5.43 Å². The van der Waals surface area contributed by atoms with Crippen molar-refractivity contribution < 1.29 is 4.79 Å². The van der Waals surface area contributed by atoms with E-state index >= 15 is 0 Å². The van der Waals surface area contributed by atoms with Crippen molar-refractivity contribution in [1.29, 1.82) is 0 Å². The highest BCUT2D eigenvalue weighted by molar-refractivity contribution is 9.10. The summed E-state index contributed by atoms with van der Waals surface area (Å²) in [5.74, 6) is -0.345. The molecule has 5 nitrogen and oxygen atoms in total. The van der Waals surface area contributed by atoms with Crippen molar-refractivity contribution in [2.24, 2.45) is 5.10 Å². The molecule has 3 aromatic rings. The fraction of sp³-hybridized carbons (Fsp3) is 0. The second-order valence-corrected chi connectivity index (χ2v) is 5.17. The standard InChI is InChI=1S/C15H11BrN4O/c16-12-6-2-1-5-11(12)9-17-19-15(21)13-10-20-8-4-3-7-14(20)18-13/h1-10H,(H,19,21)/b17-9+. The highest BCUT2D eigenvalue weighted by atomic mass is 79.9. The molecule has 0 aliphatic heterocycles. The van der Waals surface area contributed by atoms with E-state index in [-0.39, 0.29) is 5.91 Å². The maximum atomic E-state index is 12.0. The van der Waals surface area contributed by atoms with Gasteiger partial charge in [-0.25, -0.2) is 10.4 Å². The number of pyridine rings is 1. The molecule has 3 rings (SSSR count). The Morgan fingerprint density at radius 3 is 2.86 bits per heavy atom. The minimum absolute atomic E-state index is 0.325. The van der Waals surface area contributed by atoms with Crippen LogP contribution in [-0.2, 0) is 0 Å².